The smallest absolute Gasteiger partial charge is 0.265 e. The first-order chi connectivity index (χ1) is 13.0. The predicted octanol–water partition coefficient (Wildman–Crippen LogP) is 4.10. The first-order valence-corrected chi connectivity index (χ1v) is 8.95. The van der Waals surface area contributed by atoms with Crippen molar-refractivity contribution in [2.45, 2.75) is 25.8 Å². The number of carbonyl (C=O) groups excluding carboxylic acids is 2. The molecular formula is C23H20N2O2. The van der Waals surface area contributed by atoms with Gasteiger partial charge in [-0.25, -0.2) is 4.99 Å². The molecule has 0 bridgehead atoms. The zero-order valence-corrected chi connectivity index (χ0v) is 15.3. The third kappa shape index (κ3) is 2.93. The standard InChI is InChI=1S/C23H20N2O2/c1-16-6-10-18(11-7-16)20(26)15-23(19-12-8-17(2)9-13-19)22(27)25-14-4-3-5-21(25)24-23/h3-14H,15H2,1-2H3. The van der Waals surface area contributed by atoms with Gasteiger partial charge in [0.05, 0.1) is 0 Å². The second kappa shape index (κ2) is 6.47. The number of hydrogen-bond donors (Lipinski definition) is 0. The molecule has 0 aromatic heterocycles. The summed E-state index contributed by atoms with van der Waals surface area (Å²) in [4.78, 5) is 32.6. The van der Waals surface area contributed by atoms with Gasteiger partial charge >= 0.3 is 0 Å². The summed E-state index contributed by atoms with van der Waals surface area (Å²) in [6.07, 6.45) is 7.14. The molecule has 2 aromatic carbocycles. The Labute approximate surface area is 158 Å². The summed E-state index contributed by atoms with van der Waals surface area (Å²) in [7, 11) is 0. The van der Waals surface area contributed by atoms with Crippen LogP contribution in [0.15, 0.2) is 78.0 Å². The fourth-order valence-corrected chi connectivity index (χ4v) is 3.45. The second-order valence-corrected chi connectivity index (χ2v) is 7.04. The van der Waals surface area contributed by atoms with Crippen LogP contribution in [0.3, 0.4) is 0 Å². The Bertz CT molecular complexity index is 998. The fourth-order valence-electron chi connectivity index (χ4n) is 3.45. The Kier molecular flexibility index (Phi) is 4.11. The van der Waals surface area contributed by atoms with Crippen LogP contribution in [-0.4, -0.2) is 22.4 Å². The second-order valence-electron chi connectivity index (χ2n) is 7.04. The van der Waals surface area contributed by atoms with Crippen molar-refractivity contribution in [2.24, 2.45) is 4.99 Å². The van der Waals surface area contributed by atoms with Crippen LogP contribution in [0.25, 0.3) is 0 Å². The maximum Gasteiger partial charge on any atom is 0.265 e. The van der Waals surface area contributed by atoms with Crippen molar-refractivity contribution in [3.8, 4) is 0 Å². The van der Waals surface area contributed by atoms with E-state index in [1.54, 1.807) is 30.5 Å². The highest BCUT2D eigenvalue weighted by molar-refractivity contribution is 6.16. The number of nitrogens with zero attached hydrogens (tertiary/aromatic N) is 2. The molecule has 0 aliphatic carbocycles. The lowest BCUT2D eigenvalue weighted by molar-refractivity contribution is -0.129. The van der Waals surface area contributed by atoms with Crippen LogP contribution < -0.4 is 0 Å². The van der Waals surface area contributed by atoms with Gasteiger partial charge in [0.15, 0.2) is 11.3 Å². The SMILES string of the molecule is Cc1ccc(C(=O)CC2(c3ccc(C)cc3)N=C3C=CC=CN3C2=O)cc1. The molecule has 1 unspecified atom stereocenters. The molecule has 0 spiro atoms. The molecular weight excluding hydrogens is 336 g/mol. The third-order valence-electron chi connectivity index (χ3n) is 5.04. The first kappa shape index (κ1) is 17.2. The molecule has 4 heteroatoms. The fraction of sp³-hybridized carbons (Fsp3) is 0.174. The van der Waals surface area contributed by atoms with Gasteiger partial charge in [-0.3, -0.25) is 14.5 Å². The number of benzene rings is 2. The molecule has 0 N–H and O–H groups in total. The molecule has 2 aromatic rings. The Morgan fingerprint density at radius 3 is 2.22 bits per heavy atom. The summed E-state index contributed by atoms with van der Waals surface area (Å²) in [5.74, 6) is 0.281. The summed E-state index contributed by atoms with van der Waals surface area (Å²) >= 11 is 0. The van der Waals surface area contributed by atoms with Crippen molar-refractivity contribution in [1.29, 1.82) is 0 Å². The first-order valence-electron chi connectivity index (χ1n) is 8.95. The van der Waals surface area contributed by atoms with Crippen LogP contribution in [0.4, 0.5) is 0 Å². The van der Waals surface area contributed by atoms with Crippen molar-refractivity contribution < 1.29 is 9.59 Å². The molecule has 2 aliphatic heterocycles. The van der Waals surface area contributed by atoms with Crippen molar-refractivity contribution in [3.63, 3.8) is 0 Å². The Balaban J connectivity index is 1.79. The molecule has 1 amide bonds. The van der Waals surface area contributed by atoms with Crippen molar-refractivity contribution >= 4 is 17.5 Å². The van der Waals surface area contributed by atoms with Gasteiger partial charge in [0.2, 0.25) is 0 Å². The van der Waals surface area contributed by atoms with E-state index >= 15 is 0 Å². The molecule has 2 heterocycles. The minimum atomic E-state index is -1.23. The molecule has 0 radical (unpaired) electrons. The van der Waals surface area contributed by atoms with Crippen molar-refractivity contribution in [1.82, 2.24) is 4.90 Å². The average Bonchev–Trinajstić information content (AvgIpc) is 2.96. The number of allylic oxidation sites excluding steroid dienone is 2. The van der Waals surface area contributed by atoms with E-state index < -0.39 is 5.54 Å². The number of ketones is 1. The summed E-state index contributed by atoms with van der Waals surface area (Å²) in [5, 5.41) is 0. The largest absolute Gasteiger partial charge is 0.294 e. The molecule has 1 atom stereocenters. The molecule has 2 aliphatic rings. The maximum atomic E-state index is 13.3. The van der Waals surface area contributed by atoms with E-state index in [4.69, 9.17) is 4.99 Å². The molecule has 0 saturated carbocycles. The highest BCUT2D eigenvalue weighted by Crippen LogP contribution is 2.39. The summed E-state index contributed by atoms with van der Waals surface area (Å²) in [6, 6.07) is 15.1. The summed E-state index contributed by atoms with van der Waals surface area (Å²) in [5.41, 5.74) is 2.28. The quantitative estimate of drug-likeness (QED) is 0.775. The average molecular weight is 356 g/mol. The van der Waals surface area contributed by atoms with E-state index in [9.17, 15) is 9.59 Å². The van der Waals surface area contributed by atoms with Crippen LogP contribution in [0, 0.1) is 13.8 Å². The van der Waals surface area contributed by atoms with Gasteiger partial charge in [0.25, 0.3) is 5.91 Å². The lowest BCUT2D eigenvalue weighted by Gasteiger charge is -2.25. The minimum absolute atomic E-state index is 0.000362. The number of rotatable bonds is 4. The van der Waals surface area contributed by atoms with Crippen molar-refractivity contribution in [3.05, 3.63) is 95.2 Å². The molecule has 27 heavy (non-hydrogen) atoms. The van der Waals surface area contributed by atoms with Gasteiger partial charge in [0, 0.05) is 18.2 Å². The van der Waals surface area contributed by atoms with Gasteiger partial charge in [-0.2, -0.15) is 0 Å². The van der Waals surface area contributed by atoms with Gasteiger partial charge in [0.1, 0.15) is 5.84 Å². The van der Waals surface area contributed by atoms with E-state index in [0.29, 0.717) is 11.4 Å². The van der Waals surface area contributed by atoms with E-state index in [-0.39, 0.29) is 18.1 Å². The lowest BCUT2D eigenvalue weighted by atomic mass is 9.83. The highest BCUT2D eigenvalue weighted by Gasteiger charge is 2.50. The minimum Gasteiger partial charge on any atom is -0.294 e. The Hall–Kier alpha value is -3.27. The predicted molar refractivity (Wildman–Crippen MR) is 106 cm³/mol. The van der Waals surface area contributed by atoms with Crippen molar-refractivity contribution in [2.75, 3.05) is 0 Å². The molecule has 0 fully saturated rings. The van der Waals surface area contributed by atoms with E-state index in [0.717, 1.165) is 16.7 Å². The normalized spacial score (nSPS) is 20.6. The summed E-state index contributed by atoms with van der Waals surface area (Å²) < 4.78 is 0. The van der Waals surface area contributed by atoms with E-state index in [1.807, 2.05) is 56.3 Å². The van der Waals surface area contributed by atoms with Gasteiger partial charge in [-0.05, 0) is 31.6 Å². The number of Topliss-reactive ketones (excluding diaryl/α,β-unsaturated/α-hetero) is 1. The molecule has 4 nitrogen and oxygen atoms in total. The lowest BCUT2D eigenvalue weighted by Crippen LogP contribution is -2.40. The number of fused-ring (bicyclic) bond motifs is 1. The highest BCUT2D eigenvalue weighted by atomic mass is 16.2. The zero-order chi connectivity index (χ0) is 19.0. The van der Waals surface area contributed by atoms with Crippen LogP contribution in [0.2, 0.25) is 0 Å². The monoisotopic (exact) mass is 356 g/mol. The summed E-state index contributed by atoms with van der Waals surface area (Å²) in [6.45, 7) is 3.97. The third-order valence-corrected chi connectivity index (χ3v) is 5.04. The molecule has 134 valence electrons. The van der Waals surface area contributed by atoms with Crippen LogP contribution in [-0.2, 0) is 10.3 Å². The Morgan fingerprint density at radius 1 is 0.963 bits per heavy atom. The number of amides is 1. The number of amidine groups is 1. The maximum absolute atomic E-state index is 13.3. The number of hydrogen-bond acceptors (Lipinski definition) is 3. The number of aryl methyl sites for hydroxylation is 2. The number of carbonyl (C=O) groups is 2. The Morgan fingerprint density at radius 2 is 1.59 bits per heavy atom. The van der Waals surface area contributed by atoms with Gasteiger partial charge in [-0.15, -0.1) is 0 Å². The van der Waals surface area contributed by atoms with Crippen LogP contribution in [0.5, 0.6) is 0 Å². The van der Waals surface area contributed by atoms with Crippen LogP contribution in [0.1, 0.15) is 33.5 Å². The van der Waals surface area contributed by atoms with E-state index in [1.165, 1.54) is 4.90 Å². The van der Waals surface area contributed by atoms with Gasteiger partial charge < -0.3 is 0 Å². The van der Waals surface area contributed by atoms with E-state index in [2.05, 4.69) is 0 Å². The van der Waals surface area contributed by atoms with Crippen LogP contribution >= 0.6 is 0 Å². The zero-order valence-electron chi connectivity index (χ0n) is 15.3. The van der Waals surface area contributed by atoms with Gasteiger partial charge in [-0.1, -0.05) is 65.7 Å². The molecule has 4 rings (SSSR count). The number of aliphatic imine (C=N–C) groups is 1. The topological polar surface area (TPSA) is 49.7 Å². The molecule has 0 saturated heterocycles.